The van der Waals surface area contributed by atoms with Gasteiger partial charge in [0.05, 0.1) is 6.07 Å². The van der Waals surface area contributed by atoms with Gasteiger partial charge >= 0.3 is 0 Å². The SMILES string of the molecule is CCOC1(C#N)CCCCC1C. The minimum Gasteiger partial charge on any atom is -0.360 e. The molecule has 0 amide bonds. The molecule has 0 heterocycles. The number of ether oxygens (including phenoxy) is 1. The van der Waals surface area contributed by atoms with E-state index in [1.54, 1.807) is 0 Å². The zero-order valence-electron chi connectivity index (χ0n) is 7.97. The molecule has 0 aromatic carbocycles. The Morgan fingerprint density at radius 2 is 2.33 bits per heavy atom. The maximum absolute atomic E-state index is 9.07. The topological polar surface area (TPSA) is 33.0 Å². The van der Waals surface area contributed by atoms with Crippen LogP contribution in [0.5, 0.6) is 0 Å². The smallest absolute Gasteiger partial charge is 0.156 e. The lowest BCUT2D eigenvalue weighted by atomic mass is 9.77. The summed E-state index contributed by atoms with van der Waals surface area (Å²) >= 11 is 0. The number of nitrogens with zero attached hydrogens (tertiary/aromatic N) is 1. The summed E-state index contributed by atoms with van der Waals surface area (Å²) in [6.45, 7) is 4.73. The molecule has 2 heteroatoms. The Bertz CT molecular complexity index is 181. The third-order valence-electron chi connectivity index (χ3n) is 2.82. The van der Waals surface area contributed by atoms with Crippen LogP contribution in [0.4, 0.5) is 0 Å². The van der Waals surface area contributed by atoms with Gasteiger partial charge in [0.2, 0.25) is 0 Å². The fourth-order valence-electron chi connectivity index (χ4n) is 1.99. The Labute approximate surface area is 74.5 Å². The van der Waals surface area contributed by atoms with Gasteiger partial charge in [-0.1, -0.05) is 13.3 Å². The van der Waals surface area contributed by atoms with Crippen molar-refractivity contribution in [3.05, 3.63) is 0 Å². The van der Waals surface area contributed by atoms with Gasteiger partial charge in [-0.05, 0) is 32.1 Å². The fourth-order valence-corrected chi connectivity index (χ4v) is 1.99. The van der Waals surface area contributed by atoms with Crippen molar-refractivity contribution in [3.63, 3.8) is 0 Å². The maximum atomic E-state index is 9.07. The van der Waals surface area contributed by atoms with Gasteiger partial charge in [0.1, 0.15) is 0 Å². The molecule has 0 spiro atoms. The van der Waals surface area contributed by atoms with E-state index < -0.39 is 5.60 Å². The van der Waals surface area contributed by atoms with Crippen molar-refractivity contribution in [2.75, 3.05) is 6.61 Å². The van der Waals surface area contributed by atoms with E-state index in [-0.39, 0.29) is 0 Å². The van der Waals surface area contributed by atoms with Crippen LogP contribution in [0, 0.1) is 17.2 Å². The lowest BCUT2D eigenvalue weighted by Gasteiger charge is -2.36. The van der Waals surface area contributed by atoms with Crippen LogP contribution in [0.1, 0.15) is 39.5 Å². The second kappa shape index (κ2) is 3.91. The summed E-state index contributed by atoms with van der Waals surface area (Å²) in [5.41, 5.74) is -0.465. The largest absolute Gasteiger partial charge is 0.360 e. The van der Waals surface area contributed by atoms with Crippen LogP contribution in [0.2, 0.25) is 0 Å². The molecule has 0 aliphatic heterocycles. The van der Waals surface area contributed by atoms with Gasteiger partial charge in [0, 0.05) is 6.61 Å². The first-order valence-corrected chi connectivity index (χ1v) is 4.80. The van der Waals surface area contributed by atoms with Crippen molar-refractivity contribution in [1.82, 2.24) is 0 Å². The van der Waals surface area contributed by atoms with E-state index in [9.17, 15) is 0 Å². The van der Waals surface area contributed by atoms with E-state index in [0.29, 0.717) is 12.5 Å². The molecule has 0 aromatic heterocycles. The van der Waals surface area contributed by atoms with Crippen LogP contribution < -0.4 is 0 Å². The Balaban J connectivity index is 2.68. The van der Waals surface area contributed by atoms with E-state index >= 15 is 0 Å². The molecule has 0 N–H and O–H groups in total. The molecule has 68 valence electrons. The van der Waals surface area contributed by atoms with Crippen LogP contribution in [0.25, 0.3) is 0 Å². The van der Waals surface area contributed by atoms with Gasteiger partial charge in [-0.3, -0.25) is 0 Å². The molecule has 2 unspecified atom stereocenters. The van der Waals surface area contributed by atoms with Gasteiger partial charge in [-0.2, -0.15) is 5.26 Å². The van der Waals surface area contributed by atoms with Gasteiger partial charge in [0.15, 0.2) is 5.60 Å². The average Bonchev–Trinajstić information content (AvgIpc) is 2.10. The summed E-state index contributed by atoms with van der Waals surface area (Å²) in [5, 5.41) is 9.07. The average molecular weight is 167 g/mol. The highest BCUT2D eigenvalue weighted by molar-refractivity contribution is 5.06. The Kier molecular flexibility index (Phi) is 3.11. The fraction of sp³-hybridized carbons (Fsp3) is 0.900. The van der Waals surface area contributed by atoms with E-state index in [2.05, 4.69) is 13.0 Å². The Morgan fingerprint density at radius 3 is 2.83 bits per heavy atom. The molecular weight excluding hydrogens is 150 g/mol. The van der Waals surface area contributed by atoms with Crippen LogP contribution >= 0.6 is 0 Å². The molecule has 1 fully saturated rings. The van der Waals surface area contributed by atoms with Gasteiger partial charge in [-0.15, -0.1) is 0 Å². The van der Waals surface area contributed by atoms with Gasteiger partial charge < -0.3 is 4.74 Å². The van der Waals surface area contributed by atoms with Crippen molar-refractivity contribution in [1.29, 1.82) is 5.26 Å². The van der Waals surface area contributed by atoms with Crippen LogP contribution in [-0.4, -0.2) is 12.2 Å². The van der Waals surface area contributed by atoms with Crippen molar-refractivity contribution < 1.29 is 4.74 Å². The summed E-state index contributed by atoms with van der Waals surface area (Å²) < 4.78 is 5.57. The van der Waals surface area contributed by atoms with Gasteiger partial charge in [0.25, 0.3) is 0 Å². The summed E-state index contributed by atoms with van der Waals surface area (Å²) in [6.07, 6.45) is 4.43. The maximum Gasteiger partial charge on any atom is 0.156 e. The lowest BCUT2D eigenvalue weighted by Crippen LogP contribution is -2.40. The molecule has 1 aliphatic carbocycles. The normalized spacial score (nSPS) is 35.9. The first kappa shape index (κ1) is 9.54. The molecule has 1 aliphatic rings. The van der Waals surface area contributed by atoms with Crippen LogP contribution in [-0.2, 0) is 4.74 Å². The predicted octanol–water partition coefficient (Wildman–Crippen LogP) is 2.50. The number of hydrogen-bond donors (Lipinski definition) is 0. The molecule has 1 saturated carbocycles. The number of rotatable bonds is 2. The molecular formula is C10H17NO. The highest BCUT2D eigenvalue weighted by Crippen LogP contribution is 2.35. The highest BCUT2D eigenvalue weighted by atomic mass is 16.5. The third-order valence-corrected chi connectivity index (χ3v) is 2.82. The van der Waals surface area contributed by atoms with E-state index in [1.807, 2.05) is 6.92 Å². The standard InChI is InChI=1S/C10H17NO/c1-3-12-10(8-11)7-5-4-6-9(10)2/h9H,3-7H2,1-2H3. The first-order chi connectivity index (χ1) is 5.75. The van der Waals surface area contributed by atoms with Crippen LogP contribution in [0.3, 0.4) is 0 Å². The zero-order valence-corrected chi connectivity index (χ0v) is 7.97. The first-order valence-electron chi connectivity index (χ1n) is 4.80. The van der Waals surface area contributed by atoms with E-state index in [0.717, 1.165) is 19.3 Å². The molecule has 2 nitrogen and oxygen atoms in total. The quantitative estimate of drug-likeness (QED) is 0.633. The minimum atomic E-state index is -0.465. The summed E-state index contributed by atoms with van der Waals surface area (Å²) in [7, 11) is 0. The minimum absolute atomic E-state index is 0.399. The van der Waals surface area contributed by atoms with Crippen molar-refractivity contribution >= 4 is 0 Å². The number of hydrogen-bond acceptors (Lipinski definition) is 2. The molecule has 0 radical (unpaired) electrons. The summed E-state index contributed by atoms with van der Waals surface area (Å²) in [5.74, 6) is 0.399. The third kappa shape index (κ3) is 1.61. The number of nitriles is 1. The predicted molar refractivity (Wildman–Crippen MR) is 47.6 cm³/mol. The molecule has 0 aromatic rings. The van der Waals surface area contributed by atoms with Gasteiger partial charge in [-0.25, -0.2) is 0 Å². The molecule has 12 heavy (non-hydrogen) atoms. The zero-order chi connectivity index (χ0) is 9.03. The molecule has 0 saturated heterocycles. The molecule has 2 atom stereocenters. The Morgan fingerprint density at radius 1 is 1.58 bits per heavy atom. The second-order valence-corrected chi connectivity index (χ2v) is 3.58. The summed E-state index contributed by atoms with van der Waals surface area (Å²) in [6, 6.07) is 2.35. The molecule has 0 bridgehead atoms. The van der Waals surface area contributed by atoms with Crippen molar-refractivity contribution in [3.8, 4) is 6.07 Å². The monoisotopic (exact) mass is 167 g/mol. The van der Waals surface area contributed by atoms with Crippen molar-refractivity contribution in [2.24, 2.45) is 5.92 Å². The lowest BCUT2D eigenvalue weighted by molar-refractivity contribution is -0.0558. The van der Waals surface area contributed by atoms with Crippen LogP contribution in [0.15, 0.2) is 0 Å². The Hall–Kier alpha value is -0.550. The summed E-state index contributed by atoms with van der Waals surface area (Å²) in [4.78, 5) is 0. The van der Waals surface area contributed by atoms with E-state index in [4.69, 9.17) is 10.00 Å². The second-order valence-electron chi connectivity index (χ2n) is 3.58. The highest BCUT2D eigenvalue weighted by Gasteiger charge is 2.38. The van der Waals surface area contributed by atoms with E-state index in [1.165, 1.54) is 6.42 Å². The van der Waals surface area contributed by atoms with Crippen molar-refractivity contribution in [2.45, 2.75) is 45.1 Å². The molecule has 1 rings (SSSR count).